The molecule has 1 N–H and O–H groups in total. The Morgan fingerprint density at radius 2 is 1.71 bits per heavy atom. The Kier molecular flexibility index (Phi) is 6.50. The molecule has 2 aromatic carbocycles. The van der Waals surface area contributed by atoms with Gasteiger partial charge < -0.3 is 10.1 Å². The SMILES string of the molecule is CCC(C(=O)Nc1ccccc1C(=O)OC)n1nc(C)c2c(C)n(-c3ccc(C)cc3)nc2c1=O. The van der Waals surface area contributed by atoms with Gasteiger partial charge in [0.1, 0.15) is 6.04 Å². The lowest BCUT2D eigenvalue weighted by Gasteiger charge is -2.18. The van der Waals surface area contributed by atoms with Crippen molar-refractivity contribution in [2.75, 3.05) is 12.4 Å². The largest absolute Gasteiger partial charge is 0.465 e. The fourth-order valence-electron chi connectivity index (χ4n) is 4.16. The molecule has 0 saturated heterocycles. The van der Waals surface area contributed by atoms with Crippen LogP contribution in [0.3, 0.4) is 0 Å². The number of carbonyl (C=O) groups is 2. The van der Waals surface area contributed by atoms with Gasteiger partial charge in [-0.15, -0.1) is 0 Å². The van der Waals surface area contributed by atoms with Crippen LogP contribution in [0.1, 0.15) is 46.7 Å². The van der Waals surface area contributed by atoms with Gasteiger partial charge in [0.05, 0.1) is 40.8 Å². The van der Waals surface area contributed by atoms with Crippen molar-refractivity contribution < 1.29 is 14.3 Å². The number of anilines is 1. The molecular weight excluding hydrogens is 446 g/mol. The quantitative estimate of drug-likeness (QED) is 0.426. The van der Waals surface area contributed by atoms with Crippen LogP contribution in [0.4, 0.5) is 5.69 Å². The molecule has 0 radical (unpaired) electrons. The third kappa shape index (κ3) is 4.32. The number of nitrogens with one attached hydrogen (secondary N) is 1. The number of aryl methyl sites for hydroxylation is 3. The highest BCUT2D eigenvalue weighted by molar-refractivity contribution is 6.02. The topological polar surface area (TPSA) is 108 Å². The highest BCUT2D eigenvalue weighted by Crippen LogP contribution is 2.23. The van der Waals surface area contributed by atoms with Gasteiger partial charge in [-0.1, -0.05) is 36.8 Å². The maximum atomic E-state index is 13.5. The number of ether oxygens (including phenoxy) is 1. The summed E-state index contributed by atoms with van der Waals surface area (Å²) in [4.78, 5) is 38.8. The van der Waals surface area contributed by atoms with Crippen LogP contribution in [0.25, 0.3) is 16.6 Å². The first-order valence-electron chi connectivity index (χ1n) is 11.3. The summed E-state index contributed by atoms with van der Waals surface area (Å²) in [5.74, 6) is -1.04. The molecule has 2 heterocycles. The summed E-state index contributed by atoms with van der Waals surface area (Å²) in [6.45, 7) is 7.48. The summed E-state index contributed by atoms with van der Waals surface area (Å²) in [6.07, 6.45) is 0.307. The Balaban J connectivity index is 1.77. The standard InChI is InChI=1S/C26H27N5O4/c1-6-21(24(32)27-20-10-8-7-9-19(20)26(34)35-5)31-25(33)23-22(16(3)28-31)17(4)30(29-23)18-13-11-15(2)12-14-18/h7-14,21H,6H2,1-5H3,(H,27,32). The number of hydrogen-bond acceptors (Lipinski definition) is 6. The van der Waals surface area contributed by atoms with Gasteiger partial charge in [0, 0.05) is 0 Å². The van der Waals surface area contributed by atoms with E-state index in [0.717, 1.165) is 16.9 Å². The number of rotatable bonds is 6. The van der Waals surface area contributed by atoms with Crippen molar-refractivity contribution in [2.45, 2.75) is 40.2 Å². The molecule has 4 rings (SSSR count). The van der Waals surface area contributed by atoms with Crippen LogP contribution in [-0.4, -0.2) is 38.5 Å². The number of carbonyl (C=O) groups excluding carboxylic acids is 2. The predicted octanol–water partition coefficient (Wildman–Crippen LogP) is 3.88. The second-order valence-electron chi connectivity index (χ2n) is 8.34. The minimum atomic E-state index is -0.902. The fourth-order valence-corrected chi connectivity index (χ4v) is 4.16. The average Bonchev–Trinajstić information content (AvgIpc) is 3.21. The van der Waals surface area contributed by atoms with E-state index in [9.17, 15) is 14.4 Å². The van der Waals surface area contributed by atoms with Crippen LogP contribution in [0, 0.1) is 20.8 Å². The Labute approximate surface area is 202 Å². The molecule has 0 fully saturated rings. The predicted molar refractivity (Wildman–Crippen MR) is 133 cm³/mol. The van der Waals surface area contributed by atoms with Crippen LogP contribution >= 0.6 is 0 Å². The van der Waals surface area contributed by atoms with Gasteiger partial charge in [0.25, 0.3) is 5.56 Å². The fraction of sp³-hybridized carbons (Fsp3) is 0.269. The van der Waals surface area contributed by atoms with Gasteiger partial charge >= 0.3 is 5.97 Å². The molecular formula is C26H27N5O4. The first kappa shape index (κ1) is 23.9. The zero-order valence-corrected chi connectivity index (χ0v) is 20.3. The van der Waals surface area contributed by atoms with Crippen molar-refractivity contribution in [3.63, 3.8) is 0 Å². The van der Waals surface area contributed by atoms with E-state index in [-0.39, 0.29) is 11.1 Å². The number of esters is 1. The van der Waals surface area contributed by atoms with Crippen molar-refractivity contribution in [3.05, 3.63) is 81.4 Å². The Morgan fingerprint density at radius 3 is 2.37 bits per heavy atom. The summed E-state index contributed by atoms with van der Waals surface area (Å²) in [7, 11) is 1.27. The molecule has 1 amide bonds. The lowest BCUT2D eigenvalue weighted by Crippen LogP contribution is -2.35. The number of para-hydroxylation sites is 1. The lowest BCUT2D eigenvalue weighted by molar-refractivity contribution is -0.119. The Bertz CT molecular complexity index is 1480. The summed E-state index contributed by atoms with van der Waals surface area (Å²) < 4.78 is 7.70. The normalized spacial score (nSPS) is 11.9. The molecule has 1 atom stereocenters. The molecule has 0 saturated carbocycles. The highest BCUT2D eigenvalue weighted by Gasteiger charge is 2.26. The second kappa shape index (κ2) is 9.54. The van der Waals surface area contributed by atoms with Gasteiger partial charge in [-0.05, 0) is 51.5 Å². The molecule has 35 heavy (non-hydrogen) atoms. The van der Waals surface area contributed by atoms with E-state index in [1.165, 1.54) is 11.8 Å². The van der Waals surface area contributed by atoms with E-state index in [1.807, 2.05) is 38.1 Å². The van der Waals surface area contributed by atoms with Crippen LogP contribution in [0.2, 0.25) is 0 Å². The Morgan fingerprint density at radius 1 is 1.03 bits per heavy atom. The maximum absolute atomic E-state index is 13.5. The zero-order chi connectivity index (χ0) is 25.3. The molecule has 2 aromatic heterocycles. The molecule has 0 bridgehead atoms. The summed E-state index contributed by atoms with van der Waals surface area (Å²) in [5.41, 5.74) is 3.65. The molecule has 1 unspecified atom stereocenters. The number of aromatic nitrogens is 4. The monoisotopic (exact) mass is 473 g/mol. The number of nitrogens with zero attached hydrogens (tertiary/aromatic N) is 4. The summed E-state index contributed by atoms with van der Waals surface area (Å²) in [6, 6.07) is 13.5. The molecule has 9 nitrogen and oxygen atoms in total. The van der Waals surface area contributed by atoms with E-state index >= 15 is 0 Å². The molecule has 4 aromatic rings. The van der Waals surface area contributed by atoms with Crippen LogP contribution in [0.15, 0.2) is 53.3 Å². The molecule has 0 aliphatic rings. The van der Waals surface area contributed by atoms with Gasteiger partial charge in [-0.25, -0.2) is 14.2 Å². The number of methoxy groups -OCH3 is 1. The molecule has 0 aliphatic heterocycles. The van der Waals surface area contributed by atoms with Crippen molar-refractivity contribution >= 4 is 28.5 Å². The van der Waals surface area contributed by atoms with Crippen LogP contribution in [-0.2, 0) is 9.53 Å². The highest BCUT2D eigenvalue weighted by atomic mass is 16.5. The average molecular weight is 474 g/mol. The lowest BCUT2D eigenvalue weighted by atomic mass is 10.1. The smallest absolute Gasteiger partial charge is 0.339 e. The number of fused-ring (bicyclic) bond motifs is 1. The minimum absolute atomic E-state index is 0.220. The van der Waals surface area contributed by atoms with Gasteiger partial charge in [0.2, 0.25) is 5.91 Å². The minimum Gasteiger partial charge on any atom is -0.465 e. The van der Waals surface area contributed by atoms with E-state index in [4.69, 9.17) is 4.74 Å². The van der Waals surface area contributed by atoms with E-state index in [0.29, 0.717) is 23.2 Å². The summed E-state index contributed by atoms with van der Waals surface area (Å²) >= 11 is 0. The first-order chi connectivity index (χ1) is 16.8. The molecule has 0 aliphatic carbocycles. The van der Waals surface area contributed by atoms with Crippen molar-refractivity contribution in [1.82, 2.24) is 19.6 Å². The van der Waals surface area contributed by atoms with Crippen molar-refractivity contribution in [1.29, 1.82) is 0 Å². The third-order valence-corrected chi connectivity index (χ3v) is 6.00. The number of hydrogen-bond donors (Lipinski definition) is 1. The molecule has 9 heteroatoms. The molecule has 0 spiro atoms. The zero-order valence-electron chi connectivity index (χ0n) is 20.3. The maximum Gasteiger partial charge on any atom is 0.339 e. The molecule has 180 valence electrons. The summed E-state index contributed by atoms with van der Waals surface area (Å²) in [5, 5.41) is 12.5. The van der Waals surface area contributed by atoms with Gasteiger partial charge in [0.15, 0.2) is 5.52 Å². The van der Waals surface area contributed by atoms with Gasteiger partial charge in [-0.2, -0.15) is 10.2 Å². The van der Waals surface area contributed by atoms with E-state index in [2.05, 4.69) is 15.5 Å². The Hall–Kier alpha value is -4.27. The number of amides is 1. The van der Waals surface area contributed by atoms with Gasteiger partial charge in [-0.3, -0.25) is 9.59 Å². The van der Waals surface area contributed by atoms with Crippen LogP contribution < -0.4 is 10.9 Å². The third-order valence-electron chi connectivity index (χ3n) is 6.00. The number of benzene rings is 2. The first-order valence-corrected chi connectivity index (χ1v) is 11.3. The van der Waals surface area contributed by atoms with E-state index in [1.54, 1.807) is 42.8 Å². The van der Waals surface area contributed by atoms with Crippen molar-refractivity contribution in [3.8, 4) is 5.69 Å². The second-order valence-corrected chi connectivity index (χ2v) is 8.34. The van der Waals surface area contributed by atoms with Crippen molar-refractivity contribution in [2.24, 2.45) is 0 Å². The van der Waals surface area contributed by atoms with E-state index < -0.39 is 23.5 Å². The van der Waals surface area contributed by atoms with Crippen LogP contribution in [0.5, 0.6) is 0 Å².